The molecule has 132 valence electrons. The molecule has 4 rings (SSSR count). The summed E-state index contributed by atoms with van der Waals surface area (Å²) in [6, 6.07) is 13.8. The maximum atomic E-state index is 13.4. The average molecular weight is 367 g/mol. The first-order valence-electron chi connectivity index (χ1n) is 8.51. The maximum absolute atomic E-state index is 13.4. The fourth-order valence-corrected chi connectivity index (χ4v) is 4.02. The summed E-state index contributed by atoms with van der Waals surface area (Å²) in [6.45, 7) is 3.99. The summed E-state index contributed by atoms with van der Waals surface area (Å²) >= 11 is 1.42. The number of carbonyl (C=O) groups is 1. The van der Waals surface area contributed by atoms with E-state index in [4.69, 9.17) is 4.99 Å². The lowest BCUT2D eigenvalue weighted by atomic mass is 10.1. The molecule has 0 bridgehead atoms. The zero-order valence-corrected chi connectivity index (χ0v) is 15.3. The van der Waals surface area contributed by atoms with Crippen molar-refractivity contribution in [1.29, 1.82) is 0 Å². The van der Waals surface area contributed by atoms with Gasteiger partial charge in [-0.05, 0) is 35.7 Å². The number of amidine groups is 2. The second-order valence-electron chi connectivity index (χ2n) is 6.65. The first-order valence-corrected chi connectivity index (χ1v) is 9.50. The summed E-state index contributed by atoms with van der Waals surface area (Å²) in [6.07, 6.45) is 0. The van der Waals surface area contributed by atoms with E-state index in [9.17, 15) is 9.18 Å². The molecule has 0 saturated heterocycles. The Labute approximate surface area is 155 Å². The Kier molecular flexibility index (Phi) is 4.36. The third-order valence-corrected chi connectivity index (χ3v) is 5.40. The van der Waals surface area contributed by atoms with Gasteiger partial charge in [-0.2, -0.15) is 0 Å². The van der Waals surface area contributed by atoms with Crippen LogP contribution in [0.1, 0.15) is 25.0 Å². The van der Waals surface area contributed by atoms with Gasteiger partial charge in [-0.15, -0.1) is 0 Å². The summed E-state index contributed by atoms with van der Waals surface area (Å²) in [5.41, 5.74) is 2.53. The highest BCUT2D eigenvalue weighted by molar-refractivity contribution is 8.13. The van der Waals surface area contributed by atoms with Crippen molar-refractivity contribution in [1.82, 2.24) is 4.90 Å². The zero-order chi connectivity index (χ0) is 18.3. The molecule has 0 radical (unpaired) electrons. The molecule has 2 heterocycles. The van der Waals surface area contributed by atoms with Crippen LogP contribution in [0.4, 0.5) is 10.1 Å². The molecule has 0 saturated carbocycles. The van der Waals surface area contributed by atoms with Crippen LogP contribution in [0.2, 0.25) is 0 Å². The normalized spacial score (nSPS) is 18.5. The topological polar surface area (TPSA) is 45.0 Å². The highest BCUT2D eigenvalue weighted by Gasteiger charge is 2.42. The lowest BCUT2D eigenvalue weighted by Crippen LogP contribution is -2.41. The highest BCUT2D eigenvalue weighted by Crippen LogP contribution is 2.35. The van der Waals surface area contributed by atoms with Crippen molar-refractivity contribution in [3.05, 3.63) is 65.5 Å². The molecule has 2 aliphatic heterocycles. The van der Waals surface area contributed by atoms with Gasteiger partial charge in [0.05, 0.1) is 5.69 Å². The fourth-order valence-electron chi connectivity index (χ4n) is 3.08. The third-order valence-electron chi connectivity index (χ3n) is 4.39. The molecule has 26 heavy (non-hydrogen) atoms. The van der Waals surface area contributed by atoms with Gasteiger partial charge in [0.1, 0.15) is 17.7 Å². The van der Waals surface area contributed by atoms with Gasteiger partial charge in [0.15, 0.2) is 5.17 Å². The van der Waals surface area contributed by atoms with Gasteiger partial charge in [0.25, 0.3) is 5.91 Å². The molecule has 2 aliphatic rings. The summed E-state index contributed by atoms with van der Waals surface area (Å²) in [5, 5.41) is 0.597. The molecule has 2 aromatic carbocycles. The second-order valence-corrected chi connectivity index (χ2v) is 7.59. The molecular formula is C20H18FN3OS. The minimum atomic E-state index is -0.392. The lowest BCUT2D eigenvalue weighted by Gasteiger charge is -2.25. The zero-order valence-electron chi connectivity index (χ0n) is 14.5. The molecule has 0 spiro atoms. The molecule has 1 amide bonds. The number of aliphatic imine (C=N–C) groups is 2. The largest absolute Gasteiger partial charge is 0.271 e. The summed E-state index contributed by atoms with van der Waals surface area (Å²) in [7, 11) is 0. The van der Waals surface area contributed by atoms with E-state index in [1.165, 1.54) is 23.9 Å². The standard InChI is InChI=1S/C20H18FN3OS/c1-12(2)17-19(25)24-18(23-17)15-8-3-4-9-16(15)22-20(24)26-11-13-6-5-7-14(21)10-13/h3-10,12,17H,11H2,1-2H3/t17-/m0/s1. The molecule has 0 fully saturated rings. The Hall–Kier alpha value is -2.47. The Bertz CT molecular complexity index is 938. The van der Waals surface area contributed by atoms with E-state index in [0.717, 1.165) is 16.8 Å². The van der Waals surface area contributed by atoms with Crippen molar-refractivity contribution in [3.8, 4) is 0 Å². The SMILES string of the molecule is CC(C)[C@@H]1N=C2c3ccccc3N=C(SCc3cccc(F)c3)N2C1=O. The summed E-state index contributed by atoms with van der Waals surface area (Å²) < 4.78 is 13.4. The van der Waals surface area contributed by atoms with Crippen LogP contribution in [0.3, 0.4) is 0 Å². The van der Waals surface area contributed by atoms with Gasteiger partial charge < -0.3 is 0 Å². The number of hydrogen-bond acceptors (Lipinski definition) is 4. The predicted molar refractivity (Wildman–Crippen MR) is 103 cm³/mol. The van der Waals surface area contributed by atoms with Gasteiger partial charge in [-0.1, -0.05) is 49.9 Å². The van der Waals surface area contributed by atoms with Gasteiger partial charge >= 0.3 is 0 Å². The fraction of sp³-hybridized carbons (Fsp3) is 0.250. The van der Waals surface area contributed by atoms with E-state index < -0.39 is 6.04 Å². The summed E-state index contributed by atoms with van der Waals surface area (Å²) in [5.74, 6) is 0.999. The number of benzene rings is 2. The molecule has 6 heteroatoms. The second kappa shape index (κ2) is 6.68. The number of rotatable bonds is 3. The van der Waals surface area contributed by atoms with Crippen molar-refractivity contribution >= 4 is 34.4 Å². The molecular weight excluding hydrogens is 349 g/mol. The van der Waals surface area contributed by atoms with Crippen molar-refractivity contribution in [2.45, 2.75) is 25.6 Å². The van der Waals surface area contributed by atoms with Crippen molar-refractivity contribution in [2.24, 2.45) is 15.9 Å². The van der Waals surface area contributed by atoms with E-state index >= 15 is 0 Å². The van der Waals surface area contributed by atoms with E-state index in [0.29, 0.717) is 16.8 Å². The van der Waals surface area contributed by atoms with E-state index in [1.807, 2.05) is 44.2 Å². The molecule has 2 aromatic rings. The minimum Gasteiger partial charge on any atom is -0.271 e. The van der Waals surface area contributed by atoms with Crippen molar-refractivity contribution in [2.75, 3.05) is 0 Å². The number of nitrogens with zero attached hydrogens (tertiary/aromatic N) is 3. The monoisotopic (exact) mass is 367 g/mol. The number of para-hydroxylation sites is 1. The number of fused-ring (bicyclic) bond motifs is 3. The predicted octanol–water partition coefficient (Wildman–Crippen LogP) is 4.37. The van der Waals surface area contributed by atoms with Gasteiger partial charge in [0.2, 0.25) is 0 Å². The highest BCUT2D eigenvalue weighted by atomic mass is 32.2. The van der Waals surface area contributed by atoms with Crippen LogP contribution in [0.15, 0.2) is 58.5 Å². The van der Waals surface area contributed by atoms with Crippen LogP contribution < -0.4 is 0 Å². The molecule has 4 nitrogen and oxygen atoms in total. The van der Waals surface area contributed by atoms with Crippen LogP contribution in [0, 0.1) is 11.7 Å². The van der Waals surface area contributed by atoms with Crippen LogP contribution in [-0.2, 0) is 10.5 Å². The minimum absolute atomic E-state index is 0.0463. The van der Waals surface area contributed by atoms with Crippen molar-refractivity contribution < 1.29 is 9.18 Å². The molecule has 0 unspecified atom stereocenters. The number of amides is 1. The van der Waals surface area contributed by atoms with Crippen LogP contribution in [-0.4, -0.2) is 27.9 Å². The molecule has 1 atom stereocenters. The van der Waals surface area contributed by atoms with E-state index in [-0.39, 0.29) is 17.6 Å². The van der Waals surface area contributed by atoms with Gasteiger partial charge in [-0.25, -0.2) is 14.3 Å². The van der Waals surface area contributed by atoms with E-state index in [1.54, 1.807) is 11.0 Å². The Balaban J connectivity index is 1.69. The van der Waals surface area contributed by atoms with Crippen molar-refractivity contribution in [3.63, 3.8) is 0 Å². The number of thioether (sulfide) groups is 1. The van der Waals surface area contributed by atoms with Crippen LogP contribution >= 0.6 is 11.8 Å². The molecule has 0 aromatic heterocycles. The maximum Gasteiger partial charge on any atom is 0.259 e. The Morgan fingerprint density at radius 3 is 2.77 bits per heavy atom. The number of carbonyl (C=O) groups excluding carboxylic acids is 1. The van der Waals surface area contributed by atoms with Gasteiger partial charge in [0, 0.05) is 11.3 Å². The number of halogens is 1. The third kappa shape index (κ3) is 2.94. The average Bonchev–Trinajstić information content (AvgIpc) is 2.98. The first kappa shape index (κ1) is 17.0. The lowest BCUT2D eigenvalue weighted by molar-refractivity contribution is -0.125. The quantitative estimate of drug-likeness (QED) is 0.808. The summed E-state index contributed by atoms with van der Waals surface area (Å²) in [4.78, 5) is 23.9. The first-order chi connectivity index (χ1) is 12.5. The number of hydrogen-bond donors (Lipinski definition) is 0. The Morgan fingerprint density at radius 2 is 2.00 bits per heavy atom. The van der Waals surface area contributed by atoms with Crippen LogP contribution in [0.5, 0.6) is 0 Å². The van der Waals surface area contributed by atoms with Gasteiger partial charge in [-0.3, -0.25) is 9.79 Å². The molecule has 0 N–H and O–H groups in total. The van der Waals surface area contributed by atoms with E-state index in [2.05, 4.69) is 4.99 Å². The van der Waals surface area contributed by atoms with Crippen LogP contribution in [0.25, 0.3) is 0 Å². The smallest absolute Gasteiger partial charge is 0.259 e. The molecule has 0 aliphatic carbocycles. The Morgan fingerprint density at radius 1 is 1.19 bits per heavy atom.